The van der Waals surface area contributed by atoms with Crippen molar-refractivity contribution in [1.29, 1.82) is 0 Å². The van der Waals surface area contributed by atoms with Gasteiger partial charge in [-0.3, -0.25) is 4.79 Å². The fraction of sp³-hybridized carbons (Fsp3) is 0.947. The number of carboxylic acids is 1. The molecule has 1 spiro atoms. The lowest BCUT2D eigenvalue weighted by atomic mass is 9.63. The van der Waals surface area contributed by atoms with Crippen molar-refractivity contribution in [2.75, 3.05) is 0 Å². The van der Waals surface area contributed by atoms with E-state index in [0.29, 0.717) is 25.2 Å². The molecule has 0 amide bonds. The first-order valence-electron chi connectivity index (χ1n) is 9.81. The molecule has 1 heterocycles. The molecule has 142 valence electrons. The van der Waals surface area contributed by atoms with Gasteiger partial charge in [-0.05, 0) is 57.3 Å². The van der Waals surface area contributed by atoms with Crippen molar-refractivity contribution in [2.24, 2.45) is 17.8 Å². The zero-order chi connectivity index (χ0) is 17.7. The fourth-order valence-corrected chi connectivity index (χ4v) is 5.66. The first-order chi connectivity index (χ1) is 11.8. The number of carboxylic acid groups (broad SMARTS) is 1. The molecule has 2 unspecified atom stereocenters. The van der Waals surface area contributed by atoms with Crippen molar-refractivity contribution in [3.8, 4) is 0 Å². The summed E-state index contributed by atoms with van der Waals surface area (Å²) >= 11 is 0. The Morgan fingerprint density at radius 2 is 1.88 bits per heavy atom. The van der Waals surface area contributed by atoms with Crippen LogP contribution in [0.4, 0.5) is 0 Å². The quantitative estimate of drug-likeness (QED) is 0.756. The highest BCUT2D eigenvalue weighted by Gasteiger charge is 2.58. The molecule has 0 aromatic rings. The number of aliphatic carboxylic acids is 1. The van der Waals surface area contributed by atoms with Crippen molar-refractivity contribution < 1.29 is 29.5 Å². The summed E-state index contributed by atoms with van der Waals surface area (Å²) in [5, 5.41) is 19.8. The van der Waals surface area contributed by atoms with E-state index in [1.54, 1.807) is 0 Å². The molecular formula is C19H30O6. The normalized spacial score (nSPS) is 50.1. The molecule has 4 atom stereocenters. The van der Waals surface area contributed by atoms with Crippen LogP contribution in [0.5, 0.6) is 0 Å². The van der Waals surface area contributed by atoms with Crippen LogP contribution < -0.4 is 0 Å². The Labute approximate surface area is 148 Å². The number of carbonyl (C=O) groups is 1. The lowest BCUT2D eigenvalue weighted by Crippen LogP contribution is -2.50. The molecule has 2 bridgehead atoms. The molecule has 0 aromatic carbocycles. The molecule has 4 fully saturated rings. The molecule has 6 nitrogen and oxygen atoms in total. The lowest BCUT2D eigenvalue weighted by Gasteiger charge is -2.48. The van der Waals surface area contributed by atoms with Gasteiger partial charge in [-0.2, -0.15) is 9.78 Å². The maximum absolute atomic E-state index is 10.9. The van der Waals surface area contributed by atoms with Crippen LogP contribution in [0, 0.1) is 17.8 Å². The van der Waals surface area contributed by atoms with Crippen molar-refractivity contribution in [3.05, 3.63) is 0 Å². The Hall–Kier alpha value is -0.690. The van der Waals surface area contributed by atoms with Gasteiger partial charge in [-0.25, -0.2) is 0 Å². The predicted molar refractivity (Wildman–Crippen MR) is 88.2 cm³/mol. The molecule has 2 N–H and O–H groups in total. The molecule has 1 saturated heterocycles. The van der Waals surface area contributed by atoms with Crippen LogP contribution in [0.15, 0.2) is 0 Å². The van der Waals surface area contributed by atoms with Gasteiger partial charge >= 0.3 is 5.97 Å². The number of hydrogen-bond acceptors (Lipinski definition) is 5. The van der Waals surface area contributed by atoms with Crippen LogP contribution >= 0.6 is 0 Å². The van der Waals surface area contributed by atoms with Gasteiger partial charge in [0.2, 0.25) is 11.6 Å². The average Bonchev–Trinajstić information content (AvgIpc) is 2.87. The first-order valence-corrected chi connectivity index (χ1v) is 9.81. The highest BCUT2D eigenvalue weighted by molar-refractivity contribution is 5.67. The summed E-state index contributed by atoms with van der Waals surface area (Å²) in [5.41, 5.74) is -0.573. The molecule has 0 radical (unpaired) electrons. The second-order valence-electron chi connectivity index (χ2n) is 9.06. The third kappa shape index (κ3) is 3.46. The van der Waals surface area contributed by atoms with Gasteiger partial charge < -0.3 is 14.9 Å². The topological polar surface area (TPSA) is 85.2 Å². The molecule has 3 saturated carbocycles. The summed E-state index contributed by atoms with van der Waals surface area (Å²) in [7, 11) is 0. The summed E-state index contributed by atoms with van der Waals surface area (Å²) < 4.78 is 6.38. The molecule has 0 aromatic heterocycles. The van der Waals surface area contributed by atoms with E-state index < -0.39 is 23.1 Å². The van der Waals surface area contributed by atoms with Gasteiger partial charge in [0.05, 0.1) is 5.60 Å². The second-order valence-corrected chi connectivity index (χ2v) is 9.06. The molecule has 6 heteroatoms. The Morgan fingerprint density at radius 1 is 1.12 bits per heavy atom. The monoisotopic (exact) mass is 354 g/mol. The third-order valence-corrected chi connectivity index (χ3v) is 6.99. The van der Waals surface area contributed by atoms with E-state index in [-0.39, 0.29) is 18.3 Å². The van der Waals surface area contributed by atoms with Crippen molar-refractivity contribution in [2.45, 2.75) is 94.7 Å². The minimum absolute atomic E-state index is 0.132. The number of aliphatic hydroxyl groups is 1. The van der Waals surface area contributed by atoms with Gasteiger partial charge in [0, 0.05) is 25.2 Å². The van der Waals surface area contributed by atoms with E-state index >= 15 is 0 Å². The minimum Gasteiger partial charge on any atom is -0.481 e. The van der Waals surface area contributed by atoms with E-state index in [1.165, 1.54) is 6.42 Å². The van der Waals surface area contributed by atoms with Crippen LogP contribution in [-0.4, -0.2) is 33.4 Å². The number of ether oxygens (including phenoxy) is 1. The largest absolute Gasteiger partial charge is 0.481 e. The van der Waals surface area contributed by atoms with Crippen LogP contribution in [0.2, 0.25) is 0 Å². The summed E-state index contributed by atoms with van der Waals surface area (Å²) in [4.78, 5) is 22.4. The van der Waals surface area contributed by atoms with Gasteiger partial charge in [-0.15, -0.1) is 0 Å². The number of rotatable bonds is 3. The number of fused-ring (bicyclic) bond motifs is 2. The number of hydrogen-bond donors (Lipinski definition) is 2. The zero-order valence-electron chi connectivity index (χ0n) is 15.0. The SMILES string of the molecule is C[C@@]1(C2CC3CCC[C@@](O)(C3)C2)OOC2(CCC(CC(=O)O)CC2)O1. The summed E-state index contributed by atoms with van der Waals surface area (Å²) in [6.45, 7) is 1.94. The molecule has 25 heavy (non-hydrogen) atoms. The Bertz CT molecular complexity index is 528. The Kier molecular flexibility index (Phi) is 4.38. The Balaban J connectivity index is 1.40. The third-order valence-electron chi connectivity index (χ3n) is 6.99. The van der Waals surface area contributed by atoms with E-state index in [2.05, 4.69) is 0 Å². The van der Waals surface area contributed by atoms with Crippen molar-refractivity contribution in [3.63, 3.8) is 0 Å². The van der Waals surface area contributed by atoms with Crippen LogP contribution in [0.25, 0.3) is 0 Å². The van der Waals surface area contributed by atoms with Crippen LogP contribution in [0.1, 0.15) is 77.6 Å². The second kappa shape index (κ2) is 6.19. The highest BCUT2D eigenvalue weighted by Crippen LogP contribution is 2.54. The molecule has 1 aliphatic heterocycles. The van der Waals surface area contributed by atoms with E-state index in [4.69, 9.17) is 19.6 Å². The maximum Gasteiger partial charge on any atom is 0.303 e. The predicted octanol–water partition coefficient (Wildman–Crippen LogP) is 3.37. The van der Waals surface area contributed by atoms with Gasteiger partial charge in [0.25, 0.3) is 0 Å². The molecule has 4 rings (SSSR count). The lowest BCUT2D eigenvalue weighted by molar-refractivity contribution is -0.363. The van der Waals surface area contributed by atoms with Gasteiger partial charge in [0.1, 0.15) is 0 Å². The summed E-state index contributed by atoms with van der Waals surface area (Å²) in [5.74, 6) is -1.42. The summed E-state index contributed by atoms with van der Waals surface area (Å²) in [6, 6.07) is 0. The highest BCUT2D eigenvalue weighted by atomic mass is 17.3. The van der Waals surface area contributed by atoms with Crippen LogP contribution in [-0.2, 0) is 19.3 Å². The van der Waals surface area contributed by atoms with Gasteiger partial charge in [-0.1, -0.05) is 12.8 Å². The maximum atomic E-state index is 10.9. The van der Waals surface area contributed by atoms with E-state index in [9.17, 15) is 9.90 Å². The van der Waals surface area contributed by atoms with E-state index in [1.807, 2.05) is 6.92 Å². The van der Waals surface area contributed by atoms with Crippen LogP contribution in [0.3, 0.4) is 0 Å². The van der Waals surface area contributed by atoms with E-state index in [0.717, 1.165) is 38.5 Å². The fourth-order valence-electron chi connectivity index (χ4n) is 5.66. The zero-order valence-corrected chi connectivity index (χ0v) is 15.0. The van der Waals surface area contributed by atoms with Crippen molar-refractivity contribution in [1.82, 2.24) is 0 Å². The Morgan fingerprint density at radius 3 is 2.56 bits per heavy atom. The summed E-state index contributed by atoms with van der Waals surface area (Å²) in [6.07, 6.45) is 8.90. The molecular weight excluding hydrogens is 324 g/mol. The van der Waals surface area contributed by atoms with Gasteiger partial charge in [0.15, 0.2) is 0 Å². The molecule has 4 aliphatic rings. The molecule has 3 aliphatic carbocycles. The standard InChI is InChI=1S/C19H30O6/c1-17(15-9-14-3-2-6-18(22,11-14)12-15)23-19(25-24-17)7-4-13(5-8-19)10-16(20)21/h13-15,22H,2-12H2,1H3,(H,20,21)/t13?,14?,15?,17-,18+,19?/m0/s1. The first kappa shape index (κ1) is 17.7. The van der Waals surface area contributed by atoms with Crippen molar-refractivity contribution >= 4 is 5.97 Å². The average molecular weight is 354 g/mol. The minimum atomic E-state index is -0.816. The smallest absolute Gasteiger partial charge is 0.303 e.